The summed E-state index contributed by atoms with van der Waals surface area (Å²) in [5.41, 5.74) is 0.377. The Labute approximate surface area is 149 Å². The Morgan fingerprint density at radius 3 is 2.19 bits per heavy atom. The first-order valence-electron chi connectivity index (χ1n) is 8.41. The molecule has 0 N–H and O–H groups in total. The molecule has 1 aromatic heterocycles. The minimum absolute atomic E-state index is 0.284. The van der Waals surface area contributed by atoms with Crippen molar-refractivity contribution in [2.75, 3.05) is 6.61 Å². The van der Waals surface area contributed by atoms with Crippen molar-refractivity contribution in [3.8, 4) is 0 Å². The van der Waals surface area contributed by atoms with Gasteiger partial charge in [0.2, 0.25) is 0 Å². The lowest BCUT2D eigenvalue weighted by atomic mass is 9.97. The number of ether oxygens (including phenoxy) is 1. The van der Waals surface area contributed by atoms with Crippen LogP contribution in [0.5, 0.6) is 0 Å². The SMILES string of the molecule is CCOC(=O)/C=C/c1cc2c3ccccc3c3ccccc3c2oc1=O. The van der Waals surface area contributed by atoms with Crippen LogP contribution < -0.4 is 5.63 Å². The number of carbonyl (C=O) groups is 1. The van der Waals surface area contributed by atoms with Gasteiger partial charge in [0.05, 0.1) is 12.2 Å². The molecule has 0 aliphatic carbocycles. The first kappa shape index (κ1) is 16.1. The molecule has 0 fully saturated rings. The van der Waals surface area contributed by atoms with Crippen LogP contribution in [0, 0.1) is 0 Å². The van der Waals surface area contributed by atoms with E-state index in [1.165, 1.54) is 12.2 Å². The van der Waals surface area contributed by atoms with Gasteiger partial charge in [-0.3, -0.25) is 0 Å². The van der Waals surface area contributed by atoms with Gasteiger partial charge in [0.25, 0.3) is 0 Å². The Bertz CT molecular complexity index is 1230. The number of hydrogen-bond acceptors (Lipinski definition) is 4. The first-order valence-corrected chi connectivity index (χ1v) is 8.41. The number of rotatable bonds is 3. The molecule has 0 saturated heterocycles. The third-order valence-corrected chi connectivity index (χ3v) is 4.34. The number of carbonyl (C=O) groups excluding carboxylic acids is 1. The second-order valence-electron chi connectivity index (χ2n) is 5.91. The van der Waals surface area contributed by atoms with E-state index in [0.717, 1.165) is 26.9 Å². The Balaban J connectivity index is 2.04. The van der Waals surface area contributed by atoms with Gasteiger partial charge in [-0.2, -0.15) is 0 Å². The average molecular weight is 344 g/mol. The maximum absolute atomic E-state index is 12.4. The molecule has 0 aliphatic rings. The second-order valence-corrected chi connectivity index (χ2v) is 5.91. The highest BCUT2D eigenvalue weighted by molar-refractivity contribution is 6.23. The Morgan fingerprint density at radius 2 is 1.54 bits per heavy atom. The van der Waals surface area contributed by atoms with Gasteiger partial charge in [0, 0.05) is 16.8 Å². The molecule has 3 aromatic carbocycles. The Morgan fingerprint density at radius 1 is 0.962 bits per heavy atom. The molecule has 0 amide bonds. The summed E-state index contributed by atoms with van der Waals surface area (Å²) in [7, 11) is 0. The molecule has 0 unspecified atom stereocenters. The maximum Gasteiger partial charge on any atom is 0.343 e. The normalized spacial score (nSPS) is 11.6. The van der Waals surface area contributed by atoms with Crippen LogP contribution in [-0.2, 0) is 9.53 Å². The standard InChI is InChI=1S/C22H16O4/c1-2-25-20(23)12-11-14-13-19-17-9-4-3-7-15(17)16-8-5-6-10-18(16)21(19)26-22(14)24/h3-13H,2H2,1H3/b12-11+. The summed E-state index contributed by atoms with van der Waals surface area (Å²) in [5, 5.41) is 4.84. The lowest BCUT2D eigenvalue weighted by Gasteiger charge is -2.09. The van der Waals surface area contributed by atoms with Crippen LogP contribution in [0.1, 0.15) is 12.5 Å². The first-order chi connectivity index (χ1) is 12.7. The summed E-state index contributed by atoms with van der Waals surface area (Å²) in [6.45, 7) is 2.01. The molecule has 0 bridgehead atoms. The number of hydrogen-bond donors (Lipinski definition) is 0. The van der Waals surface area contributed by atoms with Gasteiger partial charge in [-0.1, -0.05) is 48.5 Å². The van der Waals surface area contributed by atoms with Crippen LogP contribution in [0.15, 0.2) is 69.9 Å². The predicted octanol–water partition coefficient (Wildman–Crippen LogP) is 4.68. The van der Waals surface area contributed by atoms with Crippen molar-refractivity contribution in [2.24, 2.45) is 0 Å². The molecule has 4 aromatic rings. The largest absolute Gasteiger partial charge is 0.463 e. The van der Waals surface area contributed by atoms with E-state index < -0.39 is 11.6 Å². The van der Waals surface area contributed by atoms with Crippen molar-refractivity contribution in [3.05, 3.63) is 76.7 Å². The fourth-order valence-corrected chi connectivity index (χ4v) is 3.22. The third kappa shape index (κ3) is 2.65. The van der Waals surface area contributed by atoms with E-state index in [9.17, 15) is 9.59 Å². The summed E-state index contributed by atoms with van der Waals surface area (Å²) in [4.78, 5) is 24.0. The molecule has 4 nitrogen and oxygen atoms in total. The maximum atomic E-state index is 12.4. The molecule has 0 saturated carbocycles. The number of benzene rings is 3. The van der Waals surface area contributed by atoms with Gasteiger partial charge in [-0.05, 0) is 35.2 Å². The van der Waals surface area contributed by atoms with Crippen LogP contribution >= 0.6 is 0 Å². The highest BCUT2D eigenvalue weighted by Crippen LogP contribution is 2.34. The zero-order chi connectivity index (χ0) is 18.1. The zero-order valence-corrected chi connectivity index (χ0v) is 14.2. The van der Waals surface area contributed by atoms with Gasteiger partial charge in [0.15, 0.2) is 0 Å². The van der Waals surface area contributed by atoms with Crippen molar-refractivity contribution < 1.29 is 13.9 Å². The number of fused-ring (bicyclic) bond motifs is 6. The topological polar surface area (TPSA) is 56.5 Å². The summed E-state index contributed by atoms with van der Waals surface area (Å²) in [5.74, 6) is -0.490. The monoisotopic (exact) mass is 344 g/mol. The van der Waals surface area contributed by atoms with Crippen LogP contribution in [-0.4, -0.2) is 12.6 Å². The Kier molecular flexibility index (Phi) is 4.01. The van der Waals surface area contributed by atoms with Crippen molar-refractivity contribution >= 4 is 44.6 Å². The minimum Gasteiger partial charge on any atom is -0.463 e. The summed E-state index contributed by atoms with van der Waals surface area (Å²) in [6, 6.07) is 17.6. The molecule has 0 radical (unpaired) electrons. The van der Waals surface area contributed by atoms with Crippen molar-refractivity contribution in [1.29, 1.82) is 0 Å². The van der Waals surface area contributed by atoms with E-state index >= 15 is 0 Å². The van der Waals surface area contributed by atoms with Gasteiger partial charge >= 0.3 is 11.6 Å². The van der Waals surface area contributed by atoms with Gasteiger partial charge in [0.1, 0.15) is 5.58 Å². The van der Waals surface area contributed by atoms with E-state index in [-0.39, 0.29) is 6.61 Å². The third-order valence-electron chi connectivity index (χ3n) is 4.34. The fraction of sp³-hybridized carbons (Fsp3) is 0.0909. The molecule has 128 valence electrons. The lowest BCUT2D eigenvalue weighted by molar-refractivity contribution is -0.137. The molecule has 0 atom stereocenters. The second kappa shape index (κ2) is 6.48. The van der Waals surface area contributed by atoms with E-state index in [2.05, 4.69) is 6.07 Å². The molecule has 4 rings (SSSR count). The predicted molar refractivity (Wildman–Crippen MR) is 103 cm³/mol. The van der Waals surface area contributed by atoms with Crippen molar-refractivity contribution in [3.63, 3.8) is 0 Å². The summed E-state index contributed by atoms with van der Waals surface area (Å²) < 4.78 is 10.5. The van der Waals surface area contributed by atoms with Crippen molar-refractivity contribution in [1.82, 2.24) is 0 Å². The smallest absolute Gasteiger partial charge is 0.343 e. The Hall–Kier alpha value is -3.40. The van der Waals surface area contributed by atoms with E-state index in [1.807, 2.05) is 42.5 Å². The van der Waals surface area contributed by atoms with Crippen LogP contribution in [0.2, 0.25) is 0 Å². The van der Waals surface area contributed by atoms with Gasteiger partial charge in [-0.25, -0.2) is 9.59 Å². The van der Waals surface area contributed by atoms with Crippen LogP contribution in [0.4, 0.5) is 0 Å². The van der Waals surface area contributed by atoms with Crippen LogP contribution in [0.25, 0.3) is 38.6 Å². The van der Waals surface area contributed by atoms with E-state index in [1.54, 1.807) is 13.0 Å². The molecule has 0 spiro atoms. The molecule has 4 heteroatoms. The fourth-order valence-electron chi connectivity index (χ4n) is 3.22. The van der Waals surface area contributed by atoms with Crippen molar-refractivity contribution in [2.45, 2.75) is 6.92 Å². The summed E-state index contributed by atoms with van der Waals surface area (Å²) >= 11 is 0. The minimum atomic E-state index is -0.490. The lowest BCUT2D eigenvalue weighted by Crippen LogP contribution is -2.04. The quantitative estimate of drug-likeness (QED) is 0.234. The highest BCUT2D eigenvalue weighted by atomic mass is 16.5. The molecular weight excluding hydrogens is 328 g/mol. The van der Waals surface area contributed by atoms with Gasteiger partial charge < -0.3 is 9.15 Å². The molecule has 1 heterocycles. The average Bonchev–Trinajstić information content (AvgIpc) is 2.67. The zero-order valence-electron chi connectivity index (χ0n) is 14.2. The highest BCUT2D eigenvalue weighted by Gasteiger charge is 2.12. The number of esters is 1. The van der Waals surface area contributed by atoms with E-state index in [0.29, 0.717) is 11.1 Å². The molecule has 0 aliphatic heterocycles. The van der Waals surface area contributed by atoms with Crippen LogP contribution in [0.3, 0.4) is 0 Å². The molecule has 26 heavy (non-hydrogen) atoms. The van der Waals surface area contributed by atoms with E-state index in [4.69, 9.17) is 9.15 Å². The molecular formula is C22H16O4. The summed E-state index contributed by atoms with van der Waals surface area (Å²) in [6.07, 6.45) is 2.68. The van der Waals surface area contributed by atoms with Gasteiger partial charge in [-0.15, -0.1) is 0 Å².